The van der Waals surface area contributed by atoms with Gasteiger partial charge in [-0.3, -0.25) is 0 Å². The Morgan fingerprint density at radius 1 is 1.55 bits per heavy atom. The number of hydrogen-bond donors (Lipinski definition) is 0. The van der Waals surface area contributed by atoms with E-state index >= 15 is 0 Å². The number of hydrogen-bond acceptors (Lipinski definition) is 1. The average Bonchev–Trinajstić information content (AvgIpc) is 1.89. The van der Waals surface area contributed by atoms with Gasteiger partial charge >= 0.3 is 0 Å². The molecule has 1 aliphatic heterocycles. The van der Waals surface area contributed by atoms with Crippen LogP contribution in [0.4, 0.5) is 0 Å². The zero-order valence-corrected chi connectivity index (χ0v) is 10.7. The van der Waals surface area contributed by atoms with Gasteiger partial charge in [-0.1, -0.05) is 0 Å². The molecule has 1 saturated heterocycles. The molecule has 1 atom stereocenters. The summed E-state index contributed by atoms with van der Waals surface area (Å²) in [7, 11) is -0.179. The molecular formula is C8H16OPtSi. The van der Waals surface area contributed by atoms with Gasteiger partial charge in [0.05, 0.1) is 14.7 Å². The van der Waals surface area contributed by atoms with Crippen molar-refractivity contribution in [3.63, 3.8) is 0 Å². The first-order valence-corrected chi connectivity index (χ1v) is 5.54. The van der Waals surface area contributed by atoms with Crippen molar-refractivity contribution >= 4 is 9.52 Å². The van der Waals surface area contributed by atoms with Crippen molar-refractivity contribution < 1.29 is 25.8 Å². The van der Waals surface area contributed by atoms with Crippen molar-refractivity contribution in [2.24, 2.45) is 0 Å². The standard InChI is InChI=1S/C8H16OSi.Pt/c1-3-10-8(2)6-4-5-7-9-8;/h3H,1,4-7,10H2,2H3;. The summed E-state index contributed by atoms with van der Waals surface area (Å²) < 4.78 is 5.70. The van der Waals surface area contributed by atoms with Crippen LogP contribution in [-0.4, -0.2) is 21.4 Å². The maximum Gasteiger partial charge on any atom is 0.0823 e. The Hall–Kier alpha value is 0.605. The summed E-state index contributed by atoms with van der Waals surface area (Å²) in [5.74, 6) is 0. The van der Waals surface area contributed by atoms with Crippen LogP contribution in [0.5, 0.6) is 0 Å². The molecular weight excluding hydrogens is 335 g/mol. The van der Waals surface area contributed by atoms with E-state index in [1.165, 1.54) is 19.3 Å². The Labute approximate surface area is 85.7 Å². The van der Waals surface area contributed by atoms with Crippen LogP contribution in [0.3, 0.4) is 0 Å². The van der Waals surface area contributed by atoms with E-state index in [4.69, 9.17) is 4.74 Å². The summed E-state index contributed by atoms with van der Waals surface area (Å²) in [6, 6.07) is 0. The zero-order chi connectivity index (χ0) is 7.45. The van der Waals surface area contributed by atoms with E-state index < -0.39 is 0 Å². The molecule has 68 valence electrons. The van der Waals surface area contributed by atoms with Gasteiger partial charge in [-0.2, -0.15) is 0 Å². The van der Waals surface area contributed by atoms with E-state index in [0.29, 0.717) is 0 Å². The van der Waals surface area contributed by atoms with Crippen LogP contribution >= 0.6 is 0 Å². The van der Waals surface area contributed by atoms with Crippen LogP contribution in [0.2, 0.25) is 0 Å². The predicted octanol–water partition coefficient (Wildman–Crippen LogP) is 1.21. The van der Waals surface area contributed by atoms with Crippen LogP contribution in [0, 0.1) is 0 Å². The second-order valence-corrected chi connectivity index (χ2v) is 5.73. The summed E-state index contributed by atoms with van der Waals surface area (Å²) in [5, 5.41) is 0.250. The van der Waals surface area contributed by atoms with Crippen molar-refractivity contribution in [3.05, 3.63) is 12.3 Å². The smallest absolute Gasteiger partial charge is 0.0823 e. The SMILES string of the molecule is C=C[SiH2]C1(C)CCCCO1.[Pt]. The minimum absolute atomic E-state index is 0. The summed E-state index contributed by atoms with van der Waals surface area (Å²) in [6.45, 7) is 6.99. The predicted molar refractivity (Wildman–Crippen MR) is 46.9 cm³/mol. The van der Waals surface area contributed by atoms with Crippen LogP contribution in [-0.2, 0) is 25.8 Å². The fourth-order valence-electron chi connectivity index (χ4n) is 1.46. The van der Waals surface area contributed by atoms with E-state index in [1.807, 2.05) is 0 Å². The van der Waals surface area contributed by atoms with Crippen molar-refractivity contribution in [2.75, 3.05) is 6.61 Å². The molecule has 1 fully saturated rings. The van der Waals surface area contributed by atoms with Gasteiger partial charge in [0.1, 0.15) is 0 Å². The molecule has 1 rings (SSSR count). The fourth-order valence-corrected chi connectivity index (χ4v) is 2.79. The third-order valence-electron chi connectivity index (χ3n) is 2.13. The molecule has 1 unspecified atom stereocenters. The van der Waals surface area contributed by atoms with Gasteiger partial charge in [0.25, 0.3) is 0 Å². The maximum atomic E-state index is 5.70. The van der Waals surface area contributed by atoms with E-state index in [2.05, 4.69) is 19.2 Å². The largest absolute Gasteiger partial charge is 0.379 e. The van der Waals surface area contributed by atoms with E-state index in [-0.39, 0.29) is 35.8 Å². The molecule has 0 aromatic rings. The van der Waals surface area contributed by atoms with Gasteiger partial charge in [0, 0.05) is 27.7 Å². The normalized spacial score (nSPS) is 31.7. The van der Waals surface area contributed by atoms with Gasteiger partial charge in [-0.25, -0.2) is 0 Å². The second-order valence-electron chi connectivity index (χ2n) is 3.25. The van der Waals surface area contributed by atoms with Gasteiger partial charge < -0.3 is 4.74 Å². The number of rotatable bonds is 2. The third kappa shape index (κ3) is 3.68. The van der Waals surface area contributed by atoms with E-state index in [1.54, 1.807) is 0 Å². The first kappa shape index (κ1) is 11.6. The maximum absolute atomic E-state index is 5.70. The molecule has 0 N–H and O–H groups in total. The molecule has 1 aliphatic rings. The van der Waals surface area contributed by atoms with Crippen molar-refractivity contribution in [1.29, 1.82) is 0 Å². The van der Waals surface area contributed by atoms with E-state index in [0.717, 1.165) is 6.61 Å². The minimum Gasteiger partial charge on any atom is -0.379 e. The molecule has 0 aromatic carbocycles. The summed E-state index contributed by atoms with van der Waals surface area (Å²) >= 11 is 0. The Kier molecular flexibility index (Phi) is 5.58. The Morgan fingerprint density at radius 2 is 2.27 bits per heavy atom. The van der Waals surface area contributed by atoms with E-state index in [9.17, 15) is 0 Å². The Morgan fingerprint density at radius 3 is 2.73 bits per heavy atom. The molecule has 0 saturated carbocycles. The molecule has 0 radical (unpaired) electrons. The molecule has 3 heteroatoms. The first-order chi connectivity index (χ1) is 4.77. The van der Waals surface area contributed by atoms with Crippen molar-refractivity contribution in [1.82, 2.24) is 0 Å². The van der Waals surface area contributed by atoms with Gasteiger partial charge in [0.15, 0.2) is 0 Å². The Balaban J connectivity index is 0.000001000. The Bertz CT molecular complexity index is 121. The van der Waals surface area contributed by atoms with Gasteiger partial charge in [0.2, 0.25) is 0 Å². The average molecular weight is 351 g/mol. The van der Waals surface area contributed by atoms with Gasteiger partial charge in [-0.15, -0.1) is 12.3 Å². The second kappa shape index (κ2) is 5.29. The van der Waals surface area contributed by atoms with Crippen LogP contribution in [0.1, 0.15) is 26.2 Å². The first-order valence-electron chi connectivity index (χ1n) is 4.02. The van der Waals surface area contributed by atoms with Gasteiger partial charge in [-0.05, 0) is 26.2 Å². The summed E-state index contributed by atoms with van der Waals surface area (Å²) in [4.78, 5) is 0. The van der Waals surface area contributed by atoms with Crippen molar-refractivity contribution in [2.45, 2.75) is 31.4 Å². The topological polar surface area (TPSA) is 9.23 Å². The van der Waals surface area contributed by atoms with Crippen molar-refractivity contribution in [3.8, 4) is 0 Å². The summed E-state index contributed by atoms with van der Waals surface area (Å²) in [6.07, 6.45) is 3.85. The fraction of sp³-hybridized carbons (Fsp3) is 0.750. The quantitative estimate of drug-likeness (QED) is 0.680. The molecule has 0 spiro atoms. The number of ether oxygens (including phenoxy) is 1. The monoisotopic (exact) mass is 351 g/mol. The molecule has 0 amide bonds. The molecule has 0 bridgehead atoms. The molecule has 11 heavy (non-hydrogen) atoms. The molecule has 0 aromatic heterocycles. The van der Waals surface area contributed by atoms with Crippen LogP contribution in [0.25, 0.3) is 0 Å². The summed E-state index contributed by atoms with van der Waals surface area (Å²) in [5.41, 5.74) is 2.09. The van der Waals surface area contributed by atoms with Crippen LogP contribution < -0.4 is 0 Å². The molecule has 1 heterocycles. The zero-order valence-electron chi connectivity index (χ0n) is 7.04. The molecule has 1 nitrogen and oxygen atoms in total. The molecule has 0 aliphatic carbocycles. The third-order valence-corrected chi connectivity index (χ3v) is 3.84. The van der Waals surface area contributed by atoms with Crippen LogP contribution in [0.15, 0.2) is 12.3 Å². The minimum atomic E-state index is -0.179.